The topological polar surface area (TPSA) is 75.3 Å². The Morgan fingerprint density at radius 3 is 2.39 bits per heavy atom. The van der Waals surface area contributed by atoms with Crippen molar-refractivity contribution < 1.29 is 26.4 Å². The van der Waals surface area contributed by atoms with Gasteiger partial charge >= 0.3 is 6.18 Å². The first-order valence-electron chi connectivity index (χ1n) is 8.96. The zero-order valence-corrected chi connectivity index (χ0v) is 17.6. The second-order valence-corrected chi connectivity index (χ2v) is 9.50. The molecule has 4 rings (SSSR count). The highest BCUT2D eigenvalue weighted by atomic mass is 32.2. The lowest BCUT2D eigenvalue weighted by Gasteiger charge is -2.11. The van der Waals surface area contributed by atoms with Gasteiger partial charge in [-0.25, -0.2) is 8.42 Å². The van der Waals surface area contributed by atoms with E-state index in [-0.39, 0.29) is 16.5 Å². The molecule has 0 saturated carbocycles. The van der Waals surface area contributed by atoms with Gasteiger partial charge in [-0.05, 0) is 72.5 Å². The smallest absolute Gasteiger partial charge is 0.321 e. The van der Waals surface area contributed by atoms with E-state index in [0.717, 1.165) is 34.7 Å². The Morgan fingerprint density at radius 1 is 1.06 bits per heavy atom. The first-order valence-corrected chi connectivity index (χ1v) is 11.3. The summed E-state index contributed by atoms with van der Waals surface area (Å²) in [6.07, 6.45) is -2.80. The number of fused-ring (bicyclic) bond motifs is 1. The molecule has 5 nitrogen and oxygen atoms in total. The summed E-state index contributed by atoms with van der Waals surface area (Å²) in [4.78, 5) is 13.2. The van der Waals surface area contributed by atoms with Crippen LogP contribution in [0.1, 0.15) is 21.6 Å². The number of anilines is 2. The molecule has 0 unspecified atom stereocenters. The van der Waals surface area contributed by atoms with Crippen LogP contribution in [0.15, 0.2) is 58.8 Å². The van der Waals surface area contributed by atoms with Gasteiger partial charge in [-0.3, -0.25) is 9.52 Å². The molecule has 0 atom stereocenters. The Balaban J connectivity index is 1.66. The Kier molecular flexibility index (Phi) is 5.14. The van der Waals surface area contributed by atoms with E-state index in [1.165, 1.54) is 29.5 Å². The van der Waals surface area contributed by atoms with E-state index in [1.807, 2.05) is 18.4 Å². The van der Waals surface area contributed by atoms with E-state index < -0.39 is 21.8 Å². The fourth-order valence-electron chi connectivity index (χ4n) is 3.08. The molecule has 160 valence electrons. The Hall–Kier alpha value is -3.11. The molecule has 0 aliphatic carbocycles. The molecule has 0 radical (unpaired) electrons. The van der Waals surface area contributed by atoms with Crippen LogP contribution in [0.5, 0.6) is 0 Å². The zero-order chi connectivity index (χ0) is 22.4. The molecule has 0 spiro atoms. The van der Waals surface area contributed by atoms with Gasteiger partial charge in [0.2, 0.25) is 0 Å². The van der Waals surface area contributed by atoms with Gasteiger partial charge in [-0.15, -0.1) is 11.3 Å². The maximum Gasteiger partial charge on any atom is 0.416 e. The van der Waals surface area contributed by atoms with Crippen molar-refractivity contribution in [3.05, 3.63) is 75.5 Å². The van der Waals surface area contributed by atoms with Crippen molar-refractivity contribution in [3.8, 4) is 0 Å². The number of sulfonamides is 1. The van der Waals surface area contributed by atoms with E-state index >= 15 is 0 Å². The number of nitrogens with one attached hydrogen (secondary N) is 2. The predicted octanol–water partition coefficient (Wildman–Crippen LogP) is 5.37. The van der Waals surface area contributed by atoms with E-state index in [9.17, 15) is 26.4 Å². The average molecular weight is 464 g/mol. The van der Waals surface area contributed by atoms with Crippen molar-refractivity contribution in [2.75, 3.05) is 10.0 Å². The minimum atomic E-state index is -4.51. The summed E-state index contributed by atoms with van der Waals surface area (Å²) in [6.45, 7) is 1.91. The quantitative estimate of drug-likeness (QED) is 0.510. The number of aryl methyl sites for hydroxylation is 1. The van der Waals surface area contributed by atoms with Crippen LogP contribution in [0.25, 0.3) is 11.6 Å². The second-order valence-electron chi connectivity index (χ2n) is 6.87. The summed E-state index contributed by atoms with van der Waals surface area (Å²) in [6, 6.07) is 9.78. The van der Waals surface area contributed by atoms with E-state index in [4.69, 9.17) is 0 Å². The van der Waals surface area contributed by atoms with Gasteiger partial charge in [-0.1, -0.05) is 0 Å². The normalized spacial score (nSPS) is 15.1. The van der Waals surface area contributed by atoms with Crippen LogP contribution >= 0.6 is 11.3 Å². The van der Waals surface area contributed by atoms with Crippen LogP contribution in [0.4, 0.5) is 24.5 Å². The van der Waals surface area contributed by atoms with Gasteiger partial charge in [-0.2, -0.15) is 13.2 Å². The van der Waals surface area contributed by atoms with Crippen molar-refractivity contribution in [2.24, 2.45) is 0 Å². The van der Waals surface area contributed by atoms with Gasteiger partial charge in [0, 0.05) is 21.8 Å². The van der Waals surface area contributed by atoms with Gasteiger partial charge < -0.3 is 5.32 Å². The molecule has 2 heterocycles. The van der Waals surface area contributed by atoms with Crippen molar-refractivity contribution in [1.82, 2.24) is 0 Å². The highest BCUT2D eigenvalue weighted by Crippen LogP contribution is 2.36. The molecule has 2 aromatic carbocycles. The van der Waals surface area contributed by atoms with Crippen LogP contribution in [0, 0.1) is 6.92 Å². The Bertz CT molecular complexity index is 1310. The lowest BCUT2D eigenvalue weighted by Crippen LogP contribution is -2.13. The molecule has 1 aliphatic rings. The SMILES string of the molecule is Cc1ccsc1C=C1C(=O)Nc2ccc(S(=O)(=O)Nc3ccc(C(F)(F)F)cc3)cc21. The zero-order valence-electron chi connectivity index (χ0n) is 15.9. The molecule has 0 bridgehead atoms. The summed E-state index contributed by atoms with van der Waals surface area (Å²) in [5.74, 6) is -0.340. The molecular formula is C21H15F3N2O3S2. The maximum absolute atomic E-state index is 12.8. The Labute approximate surface area is 180 Å². The van der Waals surface area contributed by atoms with Crippen LogP contribution in [-0.2, 0) is 21.0 Å². The van der Waals surface area contributed by atoms with Crippen LogP contribution in [0.2, 0.25) is 0 Å². The highest BCUT2D eigenvalue weighted by Gasteiger charge is 2.30. The van der Waals surface area contributed by atoms with Crippen molar-refractivity contribution in [2.45, 2.75) is 18.0 Å². The van der Waals surface area contributed by atoms with Gasteiger partial charge in [0.1, 0.15) is 0 Å². The van der Waals surface area contributed by atoms with E-state index in [2.05, 4.69) is 10.0 Å². The van der Waals surface area contributed by atoms with E-state index in [0.29, 0.717) is 16.8 Å². The number of thiophene rings is 1. The number of carbonyl (C=O) groups excluding carboxylic acids is 1. The standard InChI is InChI=1S/C21H15F3N2O3S2/c1-12-8-9-30-19(12)11-17-16-10-15(6-7-18(16)25-20(17)27)31(28,29)26-14-4-2-13(3-5-14)21(22,23)24/h2-11,26H,1H3,(H,25,27). The molecule has 2 N–H and O–H groups in total. The number of carbonyl (C=O) groups is 1. The van der Waals surface area contributed by atoms with Crippen LogP contribution in [0.3, 0.4) is 0 Å². The number of halogens is 3. The fourth-order valence-corrected chi connectivity index (χ4v) is 5.03. The first-order chi connectivity index (χ1) is 14.5. The van der Waals surface area contributed by atoms with Gasteiger partial charge in [0.15, 0.2) is 0 Å². The highest BCUT2D eigenvalue weighted by molar-refractivity contribution is 7.92. The number of hydrogen-bond acceptors (Lipinski definition) is 4. The lowest BCUT2D eigenvalue weighted by molar-refractivity contribution is -0.137. The molecule has 3 aromatic rings. The largest absolute Gasteiger partial charge is 0.416 e. The van der Waals surface area contributed by atoms with Crippen molar-refractivity contribution >= 4 is 50.3 Å². The average Bonchev–Trinajstić information content (AvgIpc) is 3.24. The number of benzene rings is 2. The molecule has 1 aliphatic heterocycles. The molecule has 1 aromatic heterocycles. The molecule has 1 amide bonds. The number of amides is 1. The minimum Gasteiger partial charge on any atom is -0.321 e. The molecule has 31 heavy (non-hydrogen) atoms. The van der Waals surface area contributed by atoms with Crippen molar-refractivity contribution in [1.29, 1.82) is 0 Å². The summed E-state index contributed by atoms with van der Waals surface area (Å²) in [7, 11) is -4.09. The molecule has 0 saturated heterocycles. The van der Waals surface area contributed by atoms with Gasteiger partial charge in [0.05, 0.1) is 16.0 Å². The third kappa shape index (κ3) is 4.21. The predicted molar refractivity (Wildman–Crippen MR) is 114 cm³/mol. The molecule has 10 heteroatoms. The number of alkyl halides is 3. The third-order valence-corrected chi connectivity index (χ3v) is 7.07. The molecular weight excluding hydrogens is 449 g/mol. The van der Waals surface area contributed by atoms with Crippen molar-refractivity contribution in [3.63, 3.8) is 0 Å². The summed E-state index contributed by atoms with van der Waals surface area (Å²) < 4.78 is 65.9. The summed E-state index contributed by atoms with van der Waals surface area (Å²) in [5, 5.41) is 4.60. The third-order valence-electron chi connectivity index (χ3n) is 4.73. The van der Waals surface area contributed by atoms with Crippen LogP contribution in [-0.4, -0.2) is 14.3 Å². The number of rotatable bonds is 4. The molecule has 0 fully saturated rings. The Morgan fingerprint density at radius 2 is 1.77 bits per heavy atom. The number of hydrogen-bond donors (Lipinski definition) is 2. The lowest BCUT2D eigenvalue weighted by atomic mass is 10.1. The fraction of sp³-hybridized carbons (Fsp3) is 0.0952. The maximum atomic E-state index is 12.8. The second kappa shape index (κ2) is 7.54. The van der Waals surface area contributed by atoms with E-state index in [1.54, 1.807) is 6.08 Å². The first kappa shape index (κ1) is 21.1. The van der Waals surface area contributed by atoms with Gasteiger partial charge in [0.25, 0.3) is 15.9 Å². The monoisotopic (exact) mass is 464 g/mol. The minimum absolute atomic E-state index is 0.00678. The summed E-state index contributed by atoms with van der Waals surface area (Å²) >= 11 is 1.46. The summed E-state index contributed by atoms with van der Waals surface area (Å²) in [5.41, 5.74) is 1.37. The van der Waals surface area contributed by atoms with Crippen LogP contribution < -0.4 is 10.0 Å².